The minimum atomic E-state index is -0.258. The normalized spacial score (nSPS) is 34.2. The second-order valence-electron chi connectivity index (χ2n) is 5.97. The zero-order valence-electron chi connectivity index (χ0n) is 10.3. The van der Waals surface area contributed by atoms with E-state index in [1.807, 2.05) is 12.1 Å². The van der Waals surface area contributed by atoms with Crippen molar-refractivity contribution >= 4 is 23.2 Å². The average molecular weight is 287 g/mol. The standard InChI is InChI=1S/C15H17Cl2F/c16-9-15(7-10-4-5-12(15)6-10)8-11-2-1-3-13(17)14(11)18/h1-3,10,12H,4-9H2. The third-order valence-corrected chi connectivity index (χ3v) is 5.77. The van der Waals surface area contributed by atoms with Gasteiger partial charge < -0.3 is 0 Å². The van der Waals surface area contributed by atoms with Crippen LogP contribution in [0, 0.1) is 23.1 Å². The van der Waals surface area contributed by atoms with Crippen LogP contribution in [0.4, 0.5) is 4.39 Å². The van der Waals surface area contributed by atoms with Gasteiger partial charge in [-0.1, -0.05) is 30.2 Å². The van der Waals surface area contributed by atoms with Crippen LogP contribution >= 0.6 is 23.2 Å². The molecule has 0 heterocycles. The highest BCUT2D eigenvalue weighted by molar-refractivity contribution is 6.30. The number of hydrogen-bond donors (Lipinski definition) is 0. The van der Waals surface area contributed by atoms with Crippen molar-refractivity contribution in [3.8, 4) is 0 Å². The number of halogens is 3. The summed E-state index contributed by atoms with van der Waals surface area (Å²) in [5.74, 6) is 1.88. The van der Waals surface area contributed by atoms with Crippen LogP contribution in [-0.4, -0.2) is 5.88 Å². The van der Waals surface area contributed by atoms with Crippen LogP contribution in [0.25, 0.3) is 0 Å². The Morgan fingerprint density at radius 1 is 1.33 bits per heavy atom. The van der Waals surface area contributed by atoms with Gasteiger partial charge in [-0.15, -0.1) is 11.6 Å². The summed E-state index contributed by atoms with van der Waals surface area (Å²) in [6, 6.07) is 5.28. The molecule has 3 unspecified atom stereocenters. The van der Waals surface area contributed by atoms with Crippen LogP contribution in [0.3, 0.4) is 0 Å². The van der Waals surface area contributed by atoms with Crippen LogP contribution in [-0.2, 0) is 6.42 Å². The van der Waals surface area contributed by atoms with Crippen molar-refractivity contribution in [2.45, 2.75) is 32.1 Å². The lowest BCUT2D eigenvalue weighted by atomic mass is 9.71. The number of fused-ring (bicyclic) bond motifs is 2. The summed E-state index contributed by atoms with van der Waals surface area (Å²) in [6.45, 7) is 0. The van der Waals surface area contributed by atoms with Crippen LogP contribution < -0.4 is 0 Å². The molecule has 0 N–H and O–H groups in total. The van der Waals surface area contributed by atoms with E-state index in [9.17, 15) is 4.39 Å². The fourth-order valence-corrected chi connectivity index (χ4v) is 4.67. The molecule has 98 valence electrons. The summed E-state index contributed by atoms with van der Waals surface area (Å²) in [6.07, 6.45) is 5.78. The Bertz CT molecular complexity index is 460. The molecule has 3 heteroatoms. The minimum Gasteiger partial charge on any atom is -0.205 e. The lowest BCUT2D eigenvalue weighted by Gasteiger charge is -2.36. The first-order valence-corrected chi connectivity index (χ1v) is 7.55. The van der Waals surface area contributed by atoms with Gasteiger partial charge in [0.05, 0.1) is 5.02 Å². The molecule has 18 heavy (non-hydrogen) atoms. The van der Waals surface area contributed by atoms with Crippen LogP contribution in [0.1, 0.15) is 31.2 Å². The van der Waals surface area contributed by atoms with Crippen LogP contribution in [0.5, 0.6) is 0 Å². The molecule has 1 aromatic rings. The van der Waals surface area contributed by atoms with Crippen molar-refractivity contribution in [2.75, 3.05) is 5.88 Å². The van der Waals surface area contributed by atoms with E-state index in [2.05, 4.69) is 0 Å². The summed E-state index contributed by atoms with van der Waals surface area (Å²) in [4.78, 5) is 0. The smallest absolute Gasteiger partial charge is 0.144 e. The Hall–Kier alpha value is -0.270. The Labute approximate surface area is 117 Å². The van der Waals surface area contributed by atoms with Gasteiger partial charge in [-0.05, 0) is 54.6 Å². The van der Waals surface area contributed by atoms with Crippen LogP contribution in [0.2, 0.25) is 5.02 Å². The lowest BCUT2D eigenvalue weighted by Crippen LogP contribution is -2.32. The quantitative estimate of drug-likeness (QED) is 0.681. The third kappa shape index (κ3) is 1.96. The largest absolute Gasteiger partial charge is 0.205 e. The van der Waals surface area contributed by atoms with Crippen molar-refractivity contribution < 1.29 is 4.39 Å². The monoisotopic (exact) mass is 286 g/mol. The highest BCUT2D eigenvalue weighted by Crippen LogP contribution is 2.57. The van der Waals surface area contributed by atoms with E-state index in [0.717, 1.165) is 24.3 Å². The highest BCUT2D eigenvalue weighted by Gasteiger charge is 2.50. The van der Waals surface area contributed by atoms with Gasteiger partial charge in [0.2, 0.25) is 0 Å². The fraction of sp³-hybridized carbons (Fsp3) is 0.600. The van der Waals surface area contributed by atoms with Crippen LogP contribution in [0.15, 0.2) is 18.2 Å². The van der Waals surface area contributed by atoms with Crippen molar-refractivity contribution in [2.24, 2.45) is 17.3 Å². The van der Waals surface area contributed by atoms with Crippen molar-refractivity contribution in [3.05, 3.63) is 34.6 Å². The predicted octanol–water partition coefficient (Wildman–Crippen LogP) is 5.07. The molecule has 0 saturated heterocycles. The molecule has 3 atom stereocenters. The van der Waals surface area contributed by atoms with Gasteiger partial charge in [-0.2, -0.15) is 0 Å². The molecule has 0 radical (unpaired) electrons. The first kappa shape index (κ1) is 12.7. The third-order valence-electron chi connectivity index (χ3n) is 4.94. The molecule has 0 nitrogen and oxygen atoms in total. The van der Waals surface area contributed by atoms with Gasteiger partial charge in [-0.25, -0.2) is 4.39 Å². The summed E-state index contributed by atoms with van der Waals surface area (Å²) >= 11 is 12.1. The van der Waals surface area contributed by atoms with Gasteiger partial charge in [-0.3, -0.25) is 0 Å². The van der Waals surface area contributed by atoms with E-state index in [1.165, 1.54) is 19.3 Å². The molecule has 2 saturated carbocycles. The van der Waals surface area contributed by atoms with Crippen molar-refractivity contribution in [1.29, 1.82) is 0 Å². The molecule has 2 aliphatic carbocycles. The first-order valence-electron chi connectivity index (χ1n) is 6.63. The zero-order valence-corrected chi connectivity index (χ0v) is 11.8. The van der Waals surface area contributed by atoms with E-state index in [0.29, 0.717) is 11.8 Å². The maximum atomic E-state index is 14.0. The molecule has 0 aliphatic heterocycles. The van der Waals surface area contributed by atoms with Crippen molar-refractivity contribution in [1.82, 2.24) is 0 Å². The van der Waals surface area contributed by atoms with Gasteiger partial charge in [0.25, 0.3) is 0 Å². The Morgan fingerprint density at radius 3 is 2.78 bits per heavy atom. The second kappa shape index (κ2) is 4.68. The highest BCUT2D eigenvalue weighted by atomic mass is 35.5. The molecule has 3 rings (SSSR count). The van der Waals surface area contributed by atoms with Gasteiger partial charge >= 0.3 is 0 Å². The Kier molecular flexibility index (Phi) is 3.32. The lowest BCUT2D eigenvalue weighted by molar-refractivity contribution is 0.191. The predicted molar refractivity (Wildman–Crippen MR) is 73.7 cm³/mol. The molecular weight excluding hydrogens is 270 g/mol. The summed E-state index contributed by atoms with van der Waals surface area (Å²) in [5.41, 5.74) is 0.839. The SMILES string of the molecule is Fc1c(Cl)cccc1CC1(CCl)CC2CCC1C2. The number of benzene rings is 1. The molecule has 0 aromatic heterocycles. The molecule has 1 aromatic carbocycles. The molecule has 2 fully saturated rings. The van der Waals surface area contributed by atoms with E-state index >= 15 is 0 Å². The van der Waals surface area contributed by atoms with E-state index in [4.69, 9.17) is 23.2 Å². The maximum Gasteiger partial charge on any atom is 0.144 e. The molecule has 2 aliphatic rings. The van der Waals surface area contributed by atoms with Crippen molar-refractivity contribution in [3.63, 3.8) is 0 Å². The average Bonchev–Trinajstić information content (AvgIpc) is 2.96. The second-order valence-corrected chi connectivity index (χ2v) is 6.64. The van der Waals surface area contributed by atoms with Gasteiger partial charge in [0.1, 0.15) is 5.82 Å². The van der Waals surface area contributed by atoms with E-state index < -0.39 is 0 Å². The molecule has 2 bridgehead atoms. The van der Waals surface area contributed by atoms with E-state index in [-0.39, 0.29) is 16.3 Å². The first-order chi connectivity index (χ1) is 8.64. The van der Waals surface area contributed by atoms with E-state index in [1.54, 1.807) is 6.07 Å². The number of hydrogen-bond acceptors (Lipinski definition) is 0. The van der Waals surface area contributed by atoms with Gasteiger partial charge in [0.15, 0.2) is 0 Å². The summed E-state index contributed by atoms with van der Waals surface area (Å²) in [5, 5.41) is 0.223. The fourth-order valence-electron chi connectivity index (χ4n) is 4.05. The molecular formula is C15H17Cl2F. The molecule has 0 spiro atoms. The summed E-state index contributed by atoms with van der Waals surface area (Å²) in [7, 11) is 0. The summed E-state index contributed by atoms with van der Waals surface area (Å²) < 4.78 is 14.0. The Balaban J connectivity index is 1.88. The maximum absolute atomic E-state index is 14.0. The zero-order chi connectivity index (χ0) is 12.8. The number of rotatable bonds is 3. The van der Waals surface area contributed by atoms with Gasteiger partial charge in [0, 0.05) is 5.88 Å². The molecule has 0 amide bonds. The topological polar surface area (TPSA) is 0 Å². The number of alkyl halides is 1. The Morgan fingerprint density at radius 2 is 2.17 bits per heavy atom. The minimum absolute atomic E-state index is 0.107.